The number of hydrogen-bond acceptors (Lipinski definition) is 4. The molecule has 0 aromatic carbocycles. The highest BCUT2D eigenvalue weighted by molar-refractivity contribution is 5.98. The fraction of sp³-hybridized carbons (Fsp3) is 0.308. The Bertz CT molecular complexity index is 634. The topological polar surface area (TPSA) is 77.0 Å². The van der Waals surface area contributed by atoms with Crippen molar-refractivity contribution in [3.63, 3.8) is 0 Å². The molecule has 19 heavy (non-hydrogen) atoms. The molecular weight excluding hydrogens is 242 g/mol. The third kappa shape index (κ3) is 2.05. The molecule has 3 heterocycles. The number of rotatable bonds is 1. The molecule has 0 radical (unpaired) electrons. The third-order valence-corrected chi connectivity index (χ3v) is 3.34. The maximum absolute atomic E-state index is 12.4. The summed E-state index contributed by atoms with van der Waals surface area (Å²) in [5, 5.41) is 0. The quantitative estimate of drug-likeness (QED) is 0.820. The number of nitrogen functional groups attached to an aromatic ring is 1. The number of carbonyl (C=O) groups excluding carboxylic acids is 1. The van der Waals surface area contributed by atoms with Gasteiger partial charge in [0.05, 0.1) is 12.1 Å². The van der Waals surface area contributed by atoms with Crippen LogP contribution in [0.25, 0.3) is 0 Å². The number of aryl methyl sites for hydroxylation is 1. The van der Waals surface area contributed by atoms with Crippen molar-refractivity contribution < 1.29 is 4.79 Å². The van der Waals surface area contributed by atoms with E-state index in [1.54, 1.807) is 23.4 Å². The Morgan fingerprint density at radius 2 is 2.21 bits per heavy atom. The van der Waals surface area contributed by atoms with Gasteiger partial charge in [0.1, 0.15) is 5.82 Å². The zero-order valence-corrected chi connectivity index (χ0v) is 10.7. The Hall–Kier alpha value is -2.37. The van der Waals surface area contributed by atoms with E-state index in [0.29, 0.717) is 24.3 Å². The maximum atomic E-state index is 12.4. The summed E-state index contributed by atoms with van der Waals surface area (Å²) in [6, 6.07) is 1.72. The number of nitrogens with zero attached hydrogens (tertiary/aromatic N) is 4. The predicted octanol–water partition coefficient (Wildman–Crippen LogP) is 0.825. The molecule has 2 N–H and O–H groups in total. The second kappa shape index (κ2) is 4.38. The Kier molecular flexibility index (Phi) is 2.70. The molecule has 2 aromatic heterocycles. The Morgan fingerprint density at radius 3 is 3.00 bits per heavy atom. The Labute approximate surface area is 110 Å². The highest BCUT2D eigenvalue weighted by Gasteiger charge is 2.23. The average molecular weight is 257 g/mol. The largest absolute Gasteiger partial charge is 0.398 e. The molecule has 0 aliphatic carbocycles. The number of carbonyl (C=O) groups is 1. The van der Waals surface area contributed by atoms with Gasteiger partial charge in [0.2, 0.25) is 0 Å². The smallest absolute Gasteiger partial charge is 0.257 e. The number of anilines is 1. The lowest BCUT2D eigenvalue weighted by atomic mass is 10.2. The van der Waals surface area contributed by atoms with Gasteiger partial charge in [0.25, 0.3) is 5.91 Å². The summed E-state index contributed by atoms with van der Waals surface area (Å²) in [7, 11) is 0. The van der Waals surface area contributed by atoms with Gasteiger partial charge in [-0.05, 0) is 13.0 Å². The van der Waals surface area contributed by atoms with Gasteiger partial charge in [0.15, 0.2) is 0 Å². The van der Waals surface area contributed by atoms with Crippen LogP contribution in [0, 0.1) is 6.92 Å². The first kappa shape index (κ1) is 11.7. The number of fused-ring (bicyclic) bond motifs is 1. The van der Waals surface area contributed by atoms with Crippen LogP contribution >= 0.6 is 0 Å². The molecule has 0 saturated heterocycles. The SMILES string of the molecule is Cc1cc(N)c(C(=O)N2CCn3ccnc3C2)cn1. The molecular formula is C13H15N5O. The number of nitrogens with two attached hydrogens (primary N) is 1. The standard InChI is InChI=1S/C13H15N5O/c1-9-6-11(14)10(7-16-9)13(19)18-5-4-17-3-2-15-12(17)8-18/h2-3,6-7H,4-5,8H2,1H3,(H2,14,16). The highest BCUT2D eigenvalue weighted by atomic mass is 16.2. The second-order valence-corrected chi connectivity index (χ2v) is 4.68. The lowest BCUT2D eigenvalue weighted by Gasteiger charge is -2.28. The van der Waals surface area contributed by atoms with Gasteiger partial charge < -0.3 is 15.2 Å². The molecule has 0 fully saturated rings. The lowest BCUT2D eigenvalue weighted by Crippen LogP contribution is -2.38. The fourth-order valence-corrected chi connectivity index (χ4v) is 2.28. The molecule has 98 valence electrons. The van der Waals surface area contributed by atoms with E-state index < -0.39 is 0 Å². The predicted molar refractivity (Wildman–Crippen MR) is 70.4 cm³/mol. The van der Waals surface area contributed by atoms with Gasteiger partial charge in [-0.3, -0.25) is 9.78 Å². The van der Waals surface area contributed by atoms with E-state index in [2.05, 4.69) is 14.5 Å². The van der Waals surface area contributed by atoms with E-state index in [1.165, 1.54) is 0 Å². The van der Waals surface area contributed by atoms with Crippen LogP contribution in [0.15, 0.2) is 24.7 Å². The van der Waals surface area contributed by atoms with E-state index in [1.807, 2.05) is 13.1 Å². The van der Waals surface area contributed by atoms with Crippen molar-refractivity contribution in [2.75, 3.05) is 12.3 Å². The molecule has 6 heteroatoms. The minimum absolute atomic E-state index is 0.0840. The molecule has 2 aromatic rings. The minimum atomic E-state index is -0.0840. The number of imidazole rings is 1. The number of pyridine rings is 1. The van der Waals surface area contributed by atoms with Crippen LogP contribution < -0.4 is 5.73 Å². The van der Waals surface area contributed by atoms with Gasteiger partial charge >= 0.3 is 0 Å². The Morgan fingerprint density at radius 1 is 1.37 bits per heavy atom. The monoisotopic (exact) mass is 257 g/mol. The summed E-state index contributed by atoms with van der Waals surface area (Å²) in [5.74, 6) is 0.817. The highest BCUT2D eigenvalue weighted by Crippen LogP contribution is 2.18. The van der Waals surface area contributed by atoms with Crippen LogP contribution in [-0.4, -0.2) is 31.9 Å². The maximum Gasteiger partial charge on any atom is 0.257 e. The molecule has 1 aliphatic heterocycles. The molecule has 1 aliphatic rings. The molecule has 0 saturated carbocycles. The van der Waals surface area contributed by atoms with E-state index in [4.69, 9.17) is 5.73 Å². The zero-order valence-electron chi connectivity index (χ0n) is 10.7. The number of hydrogen-bond donors (Lipinski definition) is 1. The van der Waals surface area contributed by atoms with Crippen LogP contribution in [0.3, 0.4) is 0 Å². The van der Waals surface area contributed by atoms with Crippen molar-refractivity contribution in [2.45, 2.75) is 20.0 Å². The van der Waals surface area contributed by atoms with Gasteiger partial charge in [-0.2, -0.15) is 0 Å². The first-order valence-electron chi connectivity index (χ1n) is 6.16. The average Bonchev–Trinajstić information content (AvgIpc) is 2.85. The Balaban J connectivity index is 1.85. The minimum Gasteiger partial charge on any atom is -0.398 e. The van der Waals surface area contributed by atoms with Crippen LogP contribution in [0.2, 0.25) is 0 Å². The summed E-state index contributed by atoms with van der Waals surface area (Å²) in [4.78, 5) is 22.6. The molecule has 0 bridgehead atoms. The van der Waals surface area contributed by atoms with Crippen molar-refractivity contribution in [3.05, 3.63) is 41.7 Å². The number of aromatic nitrogens is 3. The van der Waals surface area contributed by atoms with Crippen LogP contribution in [0.1, 0.15) is 21.9 Å². The van der Waals surface area contributed by atoms with Gasteiger partial charge in [0, 0.05) is 43.1 Å². The van der Waals surface area contributed by atoms with Crippen LogP contribution in [0.4, 0.5) is 5.69 Å². The normalized spacial score (nSPS) is 14.3. The van der Waals surface area contributed by atoms with Gasteiger partial charge in [-0.1, -0.05) is 0 Å². The van der Waals surface area contributed by atoms with Crippen molar-refractivity contribution in [1.29, 1.82) is 0 Å². The molecule has 0 spiro atoms. The van der Waals surface area contributed by atoms with Crippen molar-refractivity contribution in [3.8, 4) is 0 Å². The van der Waals surface area contributed by atoms with E-state index in [-0.39, 0.29) is 5.91 Å². The third-order valence-electron chi connectivity index (χ3n) is 3.34. The summed E-state index contributed by atoms with van der Waals surface area (Å²) < 4.78 is 2.06. The molecule has 1 amide bonds. The first-order valence-corrected chi connectivity index (χ1v) is 6.16. The van der Waals surface area contributed by atoms with E-state index in [0.717, 1.165) is 18.1 Å². The second-order valence-electron chi connectivity index (χ2n) is 4.68. The van der Waals surface area contributed by atoms with Gasteiger partial charge in [-0.15, -0.1) is 0 Å². The summed E-state index contributed by atoms with van der Waals surface area (Å²) in [5.41, 5.74) is 7.65. The van der Waals surface area contributed by atoms with Crippen molar-refractivity contribution in [2.24, 2.45) is 0 Å². The molecule has 6 nitrogen and oxygen atoms in total. The summed E-state index contributed by atoms with van der Waals surface area (Å²) in [6.07, 6.45) is 5.23. The molecule has 3 rings (SSSR count). The van der Waals surface area contributed by atoms with E-state index >= 15 is 0 Å². The van der Waals surface area contributed by atoms with Crippen molar-refractivity contribution >= 4 is 11.6 Å². The summed E-state index contributed by atoms with van der Waals surface area (Å²) >= 11 is 0. The zero-order chi connectivity index (χ0) is 13.4. The lowest BCUT2D eigenvalue weighted by molar-refractivity contribution is 0.0708. The molecule has 0 atom stereocenters. The fourth-order valence-electron chi connectivity index (χ4n) is 2.28. The van der Waals surface area contributed by atoms with Gasteiger partial charge in [-0.25, -0.2) is 4.98 Å². The first-order chi connectivity index (χ1) is 9.15. The van der Waals surface area contributed by atoms with Crippen LogP contribution in [0.5, 0.6) is 0 Å². The number of amides is 1. The van der Waals surface area contributed by atoms with Crippen LogP contribution in [-0.2, 0) is 13.1 Å². The van der Waals surface area contributed by atoms with Crippen molar-refractivity contribution in [1.82, 2.24) is 19.4 Å². The molecule has 0 unspecified atom stereocenters. The van der Waals surface area contributed by atoms with E-state index in [9.17, 15) is 4.79 Å². The summed E-state index contributed by atoms with van der Waals surface area (Å²) in [6.45, 7) is 3.79.